The molecule has 0 aliphatic rings. The van der Waals surface area contributed by atoms with Gasteiger partial charge < -0.3 is 9.84 Å². The highest BCUT2D eigenvalue weighted by atomic mass is 19.1. The number of hydrogen-bond acceptors (Lipinski definition) is 4. The zero-order valence-corrected chi connectivity index (χ0v) is 12.2. The Labute approximate surface area is 131 Å². The van der Waals surface area contributed by atoms with E-state index in [1.807, 2.05) is 0 Å². The van der Waals surface area contributed by atoms with Gasteiger partial charge in [0.25, 0.3) is 11.8 Å². The summed E-state index contributed by atoms with van der Waals surface area (Å²) >= 11 is 0. The number of hydrazine groups is 1. The third kappa shape index (κ3) is 4.19. The van der Waals surface area contributed by atoms with E-state index in [1.165, 1.54) is 37.3 Å². The van der Waals surface area contributed by atoms with Crippen LogP contribution in [0.2, 0.25) is 0 Å². The van der Waals surface area contributed by atoms with Crippen LogP contribution in [0.3, 0.4) is 0 Å². The van der Waals surface area contributed by atoms with Gasteiger partial charge >= 0.3 is 0 Å². The Balaban J connectivity index is 1.91. The summed E-state index contributed by atoms with van der Waals surface area (Å²) in [5.74, 6) is -2.23. The van der Waals surface area contributed by atoms with Crippen LogP contribution in [0.15, 0.2) is 48.5 Å². The summed E-state index contributed by atoms with van der Waals surface area (Å²) in [5.41, 5.74) is 4.31. The number of hydrogen-bond donors (Lipinski definition) is 3. The second-order valence-electron chi connectivity index (χ2n) is 4.65. The van der Waals surface area contributed by atoms with Crippen molar-refractivity contribution >= 4 is 11.8 Å². The van der Waals surface area contributed by atoms with E-state index >= 15 is 0 Å². The summed E-state index contributed by atoms with van der Waals surface area (Å²) in [6.45, 7) is 1.41. The summed E-state index contributed by atoms with van der Waals surface area (Å²) in [4.78, 5) is 23.7. The molecule has 3 N–H and O–H groups in total. The molecule has 0 fully saturated rings. The lowest BCUT2D eigenvalue weighted by atomic mass is 10.2. The van der Waals surface area contributed by atoms with E-state index in [0.717, 1.165) is 0 Å². The summed E-state index contributed by atoms with van der Waals surface area (Å²) in [5, 5.41) is 9.54. The number of halogens is 1. The number of amides is 2. The highest BCUT2D eigenvalue weighted by molar-refractivity contribution is 5.97. The molecule has 2 amide bonds. The second kappa shape index (κ2) is 7.26. The second-order valence-corrected chi connectivity index (χ2v) is 4.65. The van der Waals surface area contributed by atoms with E-state index in [9.17, 15) is 19.1 Å². The Morgan fingerprint density at radius 1 is 1.09 bits per heavy atom. The molecule has 120 valence electrons. The minimum atomic E-state index is -1.03. The molecule has 0 saturated heterocycles. The average Bonchev–Trinajstić information content (AvgIpc) is 2.54. The van der Waals surface area contributed by atoms with Gasteiger partial charge in [-0.2, -0.15) is 0 Å². The van der Waals surface area contributed by atoms with Crippen LogP contribution in [0, 0.1) is 5.82 Å². The molecule has 1 atom stereocenters. The molecule has 0 saturated carbocycles. The first-order valence-electron chi connectivity index (χ1n) is 6.78. The number of phenolic OH excluding ortho intramolecular Hbond substituents is 1. The third-order valence-corrected chi connectivity index (χ3v) is 2.96. The molecule has 0 aromatic heterocycles. The average molecular weight is 318 g/mol. The molecular weight excluding hydrogens is 303 g/mol. The molecule has 23 heavy (non-hydrogen) atoms. The predicted octanol–water partition coefficient (Wildman–Crippen LogP) is 1.76. The highest BCUT2D eigenvalue weighted by Crippen LogP contribution is 2.17. The fraction of sp³-hybridized carbons (Fsp3) is 0.125. The van der Waals surface area contributed by atoms with E-state index in [4.69, 9.17) is 4.74 Å². The van der Waals surface area contributed by atoms with Crippen LogP contribution in [-0.2, 0) is 4.79 Å². The molecule has 0 bridgehead atoms. The van der Waals surface area contributed by atoms with Gasteiger partial charge in [0.05, 0.1) is 5.56 Å². The van der Waals surface area contributed by atoms with Crippen molar-refractivity contribution in [2.75, 3.05) is 0 Å². The number of carbonyl (C=O) groups excluding carboxylic acids is 2. The number of rotatable bonds is 4. The maximum atomic E-state index is 13.4. The van der Waals surface area contributed by atoms with Crippen LogP contribution >= 0.6 is 0 Å². The van der Waals surface area contributed by atoms with Gasteiger partial charge in [-0.05, 0) is 31.2 Å². The molecule has 2 rings (SSSR count). The lowest BCUT2D eigenvalue weighted by molar-refractivity contribution is -0.128. The summed E-state index contributed by atoms with van der Waals surface area (Å²) in [7, 11) is 0. The van der Waals surface area contributed by atoms with E-state index in [1.54, 1.807) is 18.2 Å². The van der Waals surface area contributed by atoms with E-state index in [0.29, 0.717) is 0 Å². The van der Waals surface area contributed by atoms with Crippen molar-refractivity contribution in [1.29, 1.82) is 0 Å². The summed E-state index contributed by atoms with van der Waals surface area (Å²) in [6.07, 6.45) is -1.03. The van der Waals surface area contributed by atoms with Crippen molar-refractivity contribution in [2.45, 2.75) is 13.0 Å². The van der Waals surface area contributed by atoms with Crippen molar-refractivity contribution in [3.05, 3.63) is 59.9 Å². The SMILES string of the molecule is CC(Oc1ccccc1F)C(=O)NNC(=O)c1ccccc1O. The van der Waals surface area contributed by atoms with Gasteiger partial charge in [-0.15, -0.1) is 0 Å². The molecule has 0 spiro atoms. The first kappa shape index (κ1) is 16.3. The number of benzene rings is 2. The van der Waals surface area contributed by atoms with Crippen molar-refractivity contribution in [3.8, 4) is 11.5 Å². The number of ether oxygens (including phenoxy) is 1. The minimum absolute atomic E-state index is 0.00970. The summed E-state index contributed by atoms with van der Waals surface area (Å²) < 4.78 is 18.6. The van der Waals surface area contributed by atoms with Crippen molar-refractivity contribution < 1.29 is 23.8 Å². The number of carbonyl (C=O) groups is 2. The van der Waals surface area contributed by atoms with Gasteiger partial charge in [-0.25, -0.2) is 4.39 Å². The van der Waals surface area contributed by atoms with Crippen molar-refractivity contribution in [2.24, 2.45) is 0 Å². The molecule has 6 nitrogen and oxygen atoms in total. The van der Waals surface area contributed by atoms with E-state index in [-0.39, 0.29) is 17.1 Å². The van der Waals surface area contributed by atoms with Gasteiger partial charge in [0.1, 0.15) is 5.75 Å². The normalized spacial score (nSPS) is 11.4. The van der Waals surface area contributed by atoms with Crippen LogP contribution in [-0.4, -0.2) is 23.0 Å². The topological polar surface area (TPSA) is 87.7 Å². The number of phenols is 1. The lowest BCUT2D eigenvalue weighted by Crippen LogP contribution is -2.47. The predicted molar refractivity (Wildman–Crippen MR) is 80.2 cm³/mol. The van der Waals surface area contributed by atoms with Crippen LogP contribution in [0.1, 0.15) is 17.3 Å². The van der Waals surface area contributed by atoms with Crippen LogP contribution in [0.4, 0.5) is 4.39 Å². The monoisotopic (exact) mass is 318 g/mol. The number of aromatic hydroxyl groups is 1. The van der Waals surface area contributed by atoms with E-state index < -0.39 is 23.7 Å². The molecule has 2 aromatic carbocycles. The quantitative estimate of drug-likeness (QED) is 0.750. The third-order valence-electron chi connectivity index (χ3n) is 2.96. The smallest absolute Gasteiger partial charge is 0.279 e. The molecule has 2 aromatic rings. The first-order chi connectivity index (χ1) is 11.0. The Bertz CT molecular complexity index is 721. The van der Waals surface area contributed by atoms with Gasteiger partial charge in [-0.1, -0.05) is 24.3 Å². The van der Waals surface area contributed by atoms with Crippen LogP contribution in [0.25, 0.3) is 0 Å². The number of para-hydroxylation sites is 2. The minimum Gasteiger partial charge on any atom is -0.507 e. The molecule has 1 unspecified atom stereocenters. The maximum absolute atomic E-state index is 13.4. The van der Waals surface area contributed by atoms with Gasteiger partial charge in [-0.3, -0.25) is 20.4 Å². The highest BCUT2D eigenvalue weighted by Gasteiger charge is 2.18. The Kier molecular flexibility index (Phi) is 5.14. The Morgan fingerprint density at radius 2 is 1.74 bits per heavy atom. The van der Waals surface area contributed by atoms with Crippen molar-refractivity contribution in [3.63, 3.8) is 0 Å². The molecule has 0 radical (unpaired) electrons. The largest absolute Gasteiger partial charge is 0.507 e. The maximum Gasteiger partial charge on any atom is 0.279 e. The van der Waals surface area contributed by atoms with Gasteiger partial charge in [0.15, 0.2) is 17.7 Å². The van der Waals surface area contributed by atoms with Gasteiger partial charge in [0.2, 0.25) is 0 Å². The van der Waals surface area contributed by atoms with Gasteiger partial charge in [0, 0.05) is 0 Å². The standard InChI is InChI=1S/C16H15FN2O4/c1-10(23-14-9-5-3-7-12(14)17)15(21)18-19-16(22)11-6-2-4-8-13(11)20/h2-10,20H,1H3,(H,18,21)(H,19,22). The lowest BCUT2D eigenvalue weighted by Gasteiger charge is -2.15. The first-order valence-corrected chi connectivity index (χ1v) is 6.78. The molecule has 0 aliphatic carbocycles. The zero-order valence-electron chi connectivity index (χ0n) is 12.2. The van der Waals surface area contributed by atoms with Crippen LogP contribution in [0.5, 0.6) is 11.5 Å². The molecule has 0 aliphatic heterocycles. The fourth-order valence-electron chi connectivity index (χ4n) is 1.74. The van der Waals surface area contributed by atoms with E-state index in [2.05, 4.69) is 10.9 Å². The molecular formula is C16H15FN2O4. The van der Waals surface area contributed by atoms with Crippen molar-refractivity contribution in [1.82, 2.24) is 10.9 Å². The summed E-state index contributed by atoms with van der Waals surface area (Å²) in [6, 6.07) is 11.5. The molecule has 7 heteroatoms. The Morgan fingerprint density at radius 3 is 2.43 bits per heavy atom. The molecule has 0 heterocycles. The number of nitrogens with one attached hydrogen (secondary N) is 2. The fourth-order valence-corrected chi connectivity index (χ4v) is 1.74. The van der Waals surface area contributed by atoms with Crippen LogP contribution < -0.4 is 15.6 Å². The Hall–Kier alpha value is -3.09. The zero-order chi connectivity index (χ0) is 16.8.